The van der Waals surface area contributed by atoms with Gasteiger partial charge in [-0.15, -0.1) is 0 Å². The van der Waals surface area contributed by atoms with Crippen molar-refractivity contribution >= 4 is 33.9 Å². The predicted molar refractivity (Wildman–Crippen MR) is 162 cm³/mol. The third-order valence-electron chi connectivity index (χ3n) is 9.17. The Balaban J connectivity index is 1.22. The summed E-state index contributed by atoms with van der Waals surface area (Å²) >= 11 is 0. The molecule has 0 radical (unpaired) electrons. The van der Waals surface area contributed by atoms with Crippen molar-refractivity contribution < 1.29 is 23.5 Å². The number of nitrogens with zero attached hydrogens (tertiary/aromatic N) is 2. The first-order chi connectivity index (χ1) is 20.1. The largest absolute Gasteiger partial charge is 0.496 e. The van der Waals surface area contributed by atoms with E-state index < -0.39 is 11.7 Å². The van der Waals surface area contributed by atoms with Crippen molar-refractivity contribution in [3.8, 4) is 17.2 Å². The van der Waals surface area contributed by atoms with Gasteiger partial charge in [-0.25, -0.2) is 4.79 Å². The number of benzene rings is 2. The number of carbonyl (C=O) groups is 2. The Morgan fingerprint density at radius 2 is 1.86 bits per heavy atom. The molecular weight excluding hydrogens is 530 g/mol. The number of aryl methyl sites for hydroxylation is 1. The lowest BCUT2D eigenvalue weighted by atomic mass is 10.0. The number of hydrogen-bond acceptors (Lipinski definition) is 5. The molecule has 3 atom stereocenters. The van der Waals surface area contributed by atoms with Crippen LogP contribution in [-0.4, -0.2) is 52.8 Å². The molecule has 2 aliphatic carbocycles. The highest BCUT2D eigenvalue weighted by molar-refractivity contribution is 6.02. The summed E-state index contributed by atoms with van der Waals surface area (Å²) in [5.74, 6) is 2.28. The number of rotatable bonds is 6. The van der Waals surface area contributed by atoms with Gasteiger partial charge in [0.15, 0.2) is 5.76 Å². The highest BCUT2D eigenvalue weighted by atomic mass is 16.6. The van der Waals surface area contributed by atoms with Gasteiger partial charge in [-0.3, -0.25) is 4.79 Å². The second kappa shape index (κ2) is 9.82. The van der Waals surface area contributed by atoms with Gasteiger partial charge < -0.3 is 28.7 Å². The molecule has 3 fully saturated rings. The minimum Gasteiger partial charge on any atom is -0.496 e. The molecule has 2 unspecified atom stereocenters. The minimum absolute atomic E-state index is 0.0660. The van der Waals surface area contributed by atoms with Crippen LogP contribution in [0.15, 0.2) is 46.9 Å². The summed E-state index contributed by atoms with van der Waals surface area (Å²) in [7, 11) is 1.64. The number of hydrogen-bond donors (Lipinski definition) is 1. The highest BCUT2D eigenvalue weighted by Crippen LogP contribution is 2.43. The minimum atomic E-state index is -0.574. The van der Waals surface area contributed by atoms with Crippen LogP contribution in [0.4, 0.5) is 4.79 Å². The summed E-state index contributed by atoms with van der Waals surface area (Å²) in [6, 6.07) is 14.2. The summed E-state index contributed by atoms with van der Waals surface area (Å²) in [5.41, 5.74) is 3.86. The molecule has 42 heavy (non-hydrogen) atoms. The predicted octanol–water partition coefficient (Wildman–Crippen LogP) is 6.91. The van der Waals surface area contributed by atoms with Gasteiger partial charge in [-0.2, -0.15) is 0 Å². The molecule has 1 aliphatic heterocycles. The Morgan fingerprint density at radius 1 is 1.07 bits per heavy atom. The van der Waals surface area contributed by atoms with Crippen molar-refractivity contribution in [1.29, 1.82) is 0 Å². The van der Waals surface area contributed by atoms with Crippen molar-refractivity contribution in [3.63, 3.8) is 0 Å². The van der Waals surface area contributed by atoms with Crippen LogP contribution in [0.3, 0.4) is 0 Å². The van der Waals surface area contributed by atoms with Gasteiger partial charge in [0.2, 0.25) is 0 Å². The highest BCUT2D eigenvalue weighted by Gasteiger charge is 2.50. The molecule has 7 rings (SSSR count). The van der Waals surface area contributed by atoms with Crippen LogP contribution in [0.5, 0.6) is 5.75 Å². The number of fused-ring (bicyclic) bond motifs is 4. The molecule has 8 nitrogen and oxygen atoms in total. The van der Waals surface area contributed by atoms with Crippen molar-refractivity contribution in [1.82, 2.24) is 14.8 Å². The average molecular weight is 570 g/mol. The molecule has 4 aromatic rings. The van der Waals surface area contributed by atoms with Crippen LogP contribution in [0.1, 0.15) is 62.4 Å². The molecule has 1 saturated heterocycles. The van der Waals surface area contributed by atoms with E-state index in [2.05, 4.69) is 47.1 Å². The van der Waals surface area contributed by atoms with Crippen molar-refractivity contribution in [3.05, 3.63) is 53.6 Å². The second-order valence-corrected chi connectivity index (χ2v) is 13.3. The Labute approximate surface area is 245 Å². The smallest absolute Gasteiger partial charge is 0.407 e. The van der Waals surface area contributed by atoms with Gasteiger partial charge in [0.25, 0.3) is 5.91 Å². The standard InChI is InChI=1S/C34H39N3O5/c1-19-29-27(40-5)15-23(32(38)37-18-22-12-13-25(37)30(22)35-33(39)42-34(2,3)4)16-28(29)41-31(19)26-14-21-8-6-7-9-24(21)36(26)17-20-10-11-20/h6-9,14-16,20,22,25,30H,10-13,17-18H2,1-5H3,(H,35,39)/t22?,25?,30-/m1/s1. The molecule has 8 heteroatoms. The summed E-state index contributed by atoms with van der Waals surface area (Å²) in [6.45, 7) is 9.19. The van der Waals surface area contributed by atoms with Crippen molar-refractivity contribution in [2.24, 2.45) is 11.8 Å². The Hall–Kier alpha value is -3.94. The second-order valence-electron chi connectivity index (χ2n) is 13.3. The van der Waals surface area contributed by atoms with Crippen LogP contribution in [0.25, 0.3) is 33.3 Å². The van der Waals surface area contributed by atoms with Gasteiger partial charge in [0, 0.05) is 35.1 Å². The quantitative estimate of drug-likeness (QED) is 0.273. The number of alkyl carbamates (subject to hydrolysis) is 1. The molecule has 3 heterocycles. The maximum atomic E-state index is 14.0. The molecule has 3 aliphatic rings. The normalized spacial score (nSPS) is 21.8. The van der Waals surface area contributed by atoms with Crippen LogP contribution in [0.2, 0.25) is 0 Å². The van der Waals surface area contributed by atoms with Crippen LogP contribution in [0, 0.1) is 18.8 Å². The molecule has 2 aromatic carbocycles. The van der Waals surface area contributed by atoms with E-state index in [9.17, 15) is 9.59 Å². The molecule has 220 valence electrons. The zero-order valence-corrected chi connectivity index (χ0v) is 25.0. The molecular formula is C34H39N3O5. The van der Waals surface area contributed by atoms with Gasteiger partial charge in [-0.1, -0.05) is 18.2 Å². The number of piperidine rings is 1. The molecule has 2 aromatic heterocycles. The van der Waals surface area contributed by atoms with Crippen LogP contribution in [-0.2, 0) is 11.3 Å². The number of ether oxygens (including phenoxy) is 2. The van der Waals surface area contributed by atoms with Crippen LogP contribution >= 0.6 is 0 Å². The lowest BCUT2D eigenvalue weighted by Gasteiger charge is -2.28. The molecule has 1 N–H and O–H groups in total. The van der Waals surface area contributed by atoms with Gasteiger partial charge in [0.05, 0.1) is 30.3 Å². The lowest BCUT2D eigenvalue weighted by Crippen LogP contribution is -2.46. The monoisotopic (exact) mass is 569 g/mol. The fourth-order valence-electron chi connectivity index (χ4n) is 7.08. The lowest BCUT2D eigenvalue weighted by molar-refractivity contribution is 0.0485. The van der Waals surface area contributed by atoms with E-state index in [1.165, 1.54) is 23.7 Å². The van der Waals surface area contributed by atoms with Crippen molar-refractivity contribution in [2.75, 3.05) is 13.7 Å². The Morgan fingerprint density at radius 3 is 2.60 bits per heavy atom. The van der Waals surface area contributed by atoms with E-state index in [0.29, 0.717) is 29.4 Å². The van der Waals surface area contributed by atoms with E-state index in [4.69, 9.17) is 13.9 Å². The van der Waals surface area contributed by atoms with Crippen LogP contribution < -0.4 is 10.1 Å². The topological polar surface area (TPSA) is 85.9 Å². The number of furan rings is 1. The fraction of sp³-hybridized carbons (Fsp3) is 0.471. The number of aromatic nitrogens is 1. The summed E-state index contributed by atoms with van der Waals surface area (Å²) in [5, 5.41) is 5.13. The third-order valence-corrected chi connectivity index (χ3v) is 9.17. The number of amides is 2. The summed E-state index contributed by atoms with van der Waals surface area (Å²) < 4.78 is 20.3. The zero-order chi connectivity index (χ0) is 29.3. The SMILES string of the molecule is COc1cc(C(=O)N2CC3CCC2[C@@H]3NC(=O)OC(C)(C)C)cc2oc(-c3cc4ccccc4n3CC3CC3)c(C)c12. The fourth-order valence-corrected chi connectivity index (χ4v) is 7.08. The van der Waals surface area contributed by atoms with Gasteiger partial charge >= 0.3 is 6.09 Å². The number of nitrogens with one attached hydrogen (secondary N) is 1. The maximum Gasteiger partial charge on any atom is 0.407 e. The van der Waals surface area contributed by atoms with Gasteiger partial charge in [0.1, 0.15) is 16.9 Å². The van der Waals surface area contributed by atoms with Crippen molar-refractivity contribution in [2.45, 2.75) is 77.6 Å². The number of para-hydroxylation sites is 1. The van der Waals surface area contributed by atoms with E-state index >= 15 is 0 Å². The first-order valence-electron chi connectivity index (χ1n) is 15.1. The zero-order valence-electron chi connectivity index (χ0n) is 25.0. The number of carbonyl (C=O) groups excluding carboxylic acids is 2. The van der Waals surface area contributed by atoms with E-state index in [-0.39, 0.29) is 23.9 Å². The third kappa shape index (κ3) is 4.61. The molecule has 2 saturated carbocycles. The number of likely N-dealkylation sites (tertiary alicyclic amines) is 1. The van der Waals surface area contributed by atoms with Gasteiger partial charge in [-0.05, 0) is 89.5 Å². The van der Waals surface area contributed by atoms with E-state index in [0.717, 1.165) is 41.8 Å². The summed E-state index contributed by atoms with van der Waals surface area (Å²) in [6.07, 6.45) is 3.92. The van der Waals surface area contributed by atoms with E-state index in [1.807, 2.05) is 37.8 Å². The molecule has 2 bridgehead atoms. The molecule has 0 spiro atoms. The average Bonchev–Trinajstić information content (AvgIpc) is 3.29. The summed E-state index contributed by atoms with van der Waals surface area (Å²) in [4.78, 5) is 28.4. The first kappa shape index (κ1) is 26.9. The number of methoxy groups -OCH3 is 1. The molecule has 2 amide bonds. The van der Waals surface area contributed by atoms with E-state index in [1.54, 1.807) is 7.11 Å². The Bertz CT molecular complexity index is 1710. The Kier molecular flexibility index (Phi) is 6.29. The first-order valence-corrected chi connectivity index (χ1v) is 15.1. The maximum absolute atomic E-state index is 14.0.